The number of benzene rings is 1. The number of aromatic nitrogens is 1. The van der Waals surface area contributed by atoms with E-state index in [0.717, 1.165) is 16.7 Å². The van der Waals surface area contributed by atoms with E-state index in [1.54, 1.807) is 6.20 Å². The summed E-state index contributed by atoms with van der Waals surface area (Å²) in [6.45, 7) is 1.95. The molecule has 1 unspecified atom stereocenters. The van der Waals surface area contributed by atoms with Crippen LogP contribution in [-0.4, -0.2) is 16.2 Å². The van der Waals surface area contributed by atoms with Crippen molar-refractivity contribution in [2.75, 3.05) is 0 Å². The lowest BCUT2D eigenvalue weighted by Gasteiger charge is -2.11. The van der Waals surface area contributed by atoms with Crippen LogP contribution in [0, 0.1) is 6.92 Å². The monoisotopic (exact) mass is 231 g/mol. The first-order valence-electron chi connectivity index (χ1n) is 5.34. The molecule has 0 fully saturated rings. The molecule has 2 aromatic rings. The third-order valence-corrected chi connectivity index (χ3v) is 2.67. The van der Waals surface area contributed by atoms with Crippen LogP contribution in [0.5, 0.6) is 0 Å². The molecular formula is C13H13NO3. The number of aryl methyl sites for hydroxylation is 1. The Labute approximate surface area is 98.9 Å². The summed E-state index contributed by atoms with van der Waals surface area (Å²) in [5, 5.41) is 12.8. The number of hydrogen-bond acceptors (Lipinski definition) is 3. The number of nitrogens with zero attached hydrogens (tertiary/aromatic N) is 1. The summed E-state index contributed by atoms with van der Waals surface area (Å²) in [5.41, 5.74) is 2.65. The summed E-state index contributed by atoms with van der Waals surface area (Å²) < 4.78 is 4.71. The zero-order valence-electron chi connectivity index (χ0n) is 9.46. The maximum absolute atomic E-state index is 11.3. The lowest BCUT2D eigenvalue weighted by atomic mass is 9.92. The first-order valence-corrected chi connectivity index (χ1v) is 5.34. The summed E-state index contributed by atoms with van der Waals surface area (Å²) in [6.07, 6.45) is 3.42. The zero-order valence-corrected chi connectivity index (χ0v) is 9.46. The zero-order chi connectivity index (χ0) is 12.3. The van der Waals surface area contributed by atoms with Crippen LogP contribution >= 0.6 is 0 Å². The smallest absolute Gasteiger partial charge is 0.311 e. The van der Waals surface area contributed by atoms with E-state index in [2.05, 4.69) is 5.16 Å². The highest BCUT2D eigenvalue weighted by Gasteiger charge is 2.21. The van der Waals surface area contributed by atoms with Crippen molar-refractivity contribution in [3.8, 4) is 0 Å². The van der Waals surface area contributed by atoms with Gasteiger partial charge in [0.15, 0.2) is 0 Å². The molecule has 88 valence electrons. The van der Waals surface area contributed by atoms with Crippen LogP contribution in [0.1, 0.15) is 22.6 Å². The number of carboxylic acids is 1. The van der Waals surface area contributed by atoms with Crippen LogP contribution in [0.15, 0.2) is 41.2 Å². The Bertz CT molecular complexity index is 505. The Kier molecular flexibility index (Phi) is 3.23. The molecule has 0 saturated carbocycles. The number of aliphatic carboxylic acids is 1. The number of carbonyl (C=O) groups is 1. The van der Waals surface area contributed by atoms with Gasteiger partial charge < -0.3 is 9.63 Å². The third-order valence-electron chi connectivity index (χ3n) is 2.67. The van der Waals surface area contributed by atoms with E-state index in [9.17, 15) is 9.90 Å². The standard InChI is InChI=1S/C13H13NO3/c1-9-3-2-4-11(5-9)12(13(15)16)6-10-7-14-17-8-10/h2-5,7-8,12H,6H2,1H3,(H,15,16). The van der Waals surface area contributed by atoms with Gasteiger partial charge in [-0.1, -0.05) is 35.0 Å². The second-order valence-electron chi connectivity index (χ2n) is 4.04. The predicted molar refractivity (Wildman–Crippen MR) is 61.8 cm³/mol. The second-order valence-corrected chi connectivity index (χ2v) is 4.04. The summed E-state index contributed by atoms with van der Waals surface area (Å²) in [4.78, 5) is 11.3. The van der Waals surface area contributed by atoms with Crippen LogP contribution in [0.3, 0.4) is 0 Å². The highest BCUT2D eigenvalue weighted by Crippen LogP contribution is 2.22. The van der Waals surface area contributed by atoms with E-state index in [-0.39, 0.29) is 0 Å². The molecule has 0 amide bonds. The second kappa shape index (κ2) is 4.82. The molecular weight excluding hydrogens is 218 g/mol. The van der Waals surface area contributed by atoms with E-state index in [0.29, 0.717) is 6.42 Å². The maximum Gasteiger partial charge on any atom is 0.311 e. The molecule has 4 heteroatoms. The normalized spacial score (nSPS) is 12.3. The van der Waals surface area contributed by atoms with Crippen LogP contribution < -0.4 is 0 Å². The predicted octanol–water partition coefficient (Wildman–Crippen LogP) is 2.39. The molecule has 1 N–H and O–H groups in total. The molecule has 2 rings (SSSR count). The molecule has 1 heterocycles. The number of carboxylic acid groups (broad SMARTS) is 1. The summed E-state index contributed by atoms with van der Waals surface area (Å²) in [7, 11) is 0. The Balaban J connectivity index is 2.26. The van der Waals surface area contributed by atoms with Crippen molar-refractivity contribution in [3.05, 3.63) is 53.4 Å². The fraction of sp³-hybridized carbons (Fsp3) is 0.231. The average molecular weight is 231 g/mol. The largest absolute Gasteiger partial charge is 0.481 e. The topological polar surface area (TPSA) is 63.3 Å². The van der Waals surface area contributed by atoms with Gasteiger partial charge in [-0.15, -0.1) is 0 Å². The van der Waals surface area contributed by atoms with Gasteiger partial charge in [0.25, 0.3) is 0 Å². The molecule has 4 nitrogen and oxygen atoms in total. The van der Waals surface area contributed by atoms with Crippen LogP contribution in [0.25, 0.3) is 0 Å². The van der Waals surface area contributed by atoms with Gasteiger partial charge in [-0.05, 0) is 18.9 Å². The fourth-order valence-corrected chi connectivity index (χ4v) is 1.80. The summed E-state index contributed by atoms with van der Waals surface area (Å²) in [6, 6.07) is 7.54. The van der Waals surface area contributed by atoms with Crippen molar-refractivity contribution in [2.24, 2.45) is 0 Å². The Morgan fingerprint density at radius 3 is 2.94 bits per heavy atom. The van der Waals surface area contributed by atoms with Crippen LogP contribution in [-0.2, 0) is 11.2 Å². The maximum atomic E-state index is 11.3. The SMILES string of the molecule is Cc1cccc(C(Cc2cnoc2)C(=O)O)c1. The van der Waals surface area contributed by atoms with Gasteiger partial charge in [-0.2, -0.15) is 0 Å². The molecule has 1 aromatic heterocycles. The molecule has 0 aliphatic carbocycles. The molecule has 1 aromatic carbocycles. The highest BCUT2D eigenvalue weighted by molar-refractivity contribution is 5.76. The average Bonchev–Trinajstić information content (AvgIpc) is 2.78. The van der Waals surface area contributed by atoms with Gasteiger partial charge in [-0.3, -0.25) is 4.79 Å². The summed E-state index contributed by atoms with van der Waals surface area (Å²) >= 11 is 0. The first-order chi connectivity index (χ1) is 8.16. The lowest BCUT2D eigenvalue weighted by Crippen LogP contribution is -2.14. The Morgan fingerprint density at radius 2 is 2.35 bits per heavy atom. The lowest BCUT2D eigenvalue weighted by molar-refractivity contribution is -0.138. The van der Waals surface area contributed by atoms with Crippen LogP contribution in [0.2, 0.25) is 0 Å². The molecule has 17 heavy (non-hydrogen) atoms. The highest BCUT2D eigenvalue weighted by atomic mass is 16.5. The van der Waals surface area contributed by atoms with Gasteiger partial charge in [-0.25, -0.2) is 0 Å². The molecule has 0 bridgehead atoms. The number of hydrogen-bond donors (Lipinski definition) is 1. The Hall–Kier alpha value is -2.10. The minimum Gasteiger partial charge on any atom is -0.481 e. The quantitative estimate of drug-likeness (QED) is 0.877. The number of rotatable bonds is 4. The minimum absolute atomic E-state index is 0.391. The van der Waals surface area contributed by atoms with Crippen molar-refractivity contribution < 1.29 is 14.4 Å². The van der Waals surface area contributed by atoms with Crippen molar-refractivity contribution in [1.82, 2.24) is 5.16 Å². The molecule has 0 spiro atoms. The van der Waals surface area contributed by atoms with Gasteiger partial charge in [0, 0.05) is 5.56 Å². The first kappa shape index (κ1) is 11.4. The molecule has 0 saturated heterocycles. The van der Waals surface area contributed by atoms with Crippen molar-refractivity contribution >= 4 is 5.97 Å². The van der Waals surface area contributed by atoms with Crippen molar-refractivity contribution in [3.63, 3.8) is 0 Å². The van der Waals surface area contributed by atoms with Gasteiger partial charge in [0.2, 0.25) is 0 Å². The van der Waals surface area contributed by atoms with Gasteiger partial charge in [0.1, 0.15) is 6.26 Å². The Morgan fingerprint density at radius 1 is 1.53 bits per heavy atom. The van der Waals surface area contributed by atoms with E-state index in [4.69, 9.17) is 4.52 Å². The van der Waals surface area contributed by atoms with E-state index < -0.39 is 11.9 Å². The van der Waals surface area contributed by atoms with Crippen LogP contribution in [0.4, 0.5) is 0 Å². The van der Waals surface area contributed by atoms with Gasteiger partial charge in [0.05, 0.1) is 12.1 Å². The summed E-state index contributed by atoms with van der Waals surface area (Å²) in [5.74, 6) is -1.40. The molecule has 0 aliphatic rings. The van der Waals surface area contributed by atoms with Crippen molar-refractivity contribution in [1.29, 1.82) is 0 Å². The molecule has 0 aliphatic heterocycles. The molecule has 1 atom stereocenters. The third kappa shape index (κ3) is 2.72. The van der Waals surface area contributed by atoms with Gasteiger partial charge >= 0.3 is 5.97 Å². The fourth-order valence-electron chi connectivity index (χ4n) is 1.80. The van der Waals surface area contributed by atoms with E-state index in [1.807, 2.05) is 31.2 Å². The minimum atomic E-state index is -0.836. The van der Waals surface area contributed by atoms with E-state index in [1.165, 1.54) is 6.26 Å². The van der Waals surface area contributed by atoms with E-state index >= 15 is 0 Å². The molecule has 0 radical (unpaired) electrons. The van der Waals surface area contributed by atoms with Crippen molar-refractivity contribution in [2.45, 2.75) is 19.3 Å².